The highest BCUT2D eigenvalue weighted by atomic mass is 32.1. The summed E-state index contributed by atoms with van der Waals surface area (Å²) in [6.07, 6.45) is 0. The quantitative estimate of drug-likeness (QED) is 0.676. The Kier molecular flexibility index (Phi) is 1.86. The first-order valence-corrected chi connectivity index (χ1v) is 5.57. The Bertz CT molecular complexity index is 528. The van der Waals surface area contributed by atoms with E-state index in [0.29, 0.717) is 17.9 Å². The molecule has 74 valence electrons. The zero-order chi connectivity index (χ0) is 10.3. The van der Waals surface area contributed by atoms with Crippen molar-refractivity contribution in [3.8, 4) is 5.75 Å². The Hall–Kier alpha value is -1.61. The molecule has 2 heterocycles. The van der Waals surface area contributed by atoms with E-state index in [-0.39, 0.29) is 5.78 Å². The lowest BCUT2D eigenvalue weighted by Gasteiger charge is -2.04. The first-order valence-electron chi connectivity index (χ1n) is 4.69. The van der Waals surface area contributed by atoms with E-state index >= 15 is 0 Å². The lowest BCUT2D eigenvalue weighted by molar-refractivity contribution is 0.104. The molecular weight excluding hydrogens is 208 g/mol. The van der Waals surface area contributed by atoms with Gasteiger partial charge in [0.05, 0.1) is 10.4 Å². The summed E-state index contributed by atoms with van der Waals surface area (Å²) >= 11 is 1.48. The Balaban J connectivity index is 2.22. The normalized spacial score (nSPS) is 13.7. The van der Waals surface area contributed by atoms with Crippen molar-refractivity contribution in [3.05, 3.63) is 51.7 Å². The molecule has 0 N–H and O–H groups in total. The van der Waals surface area contributed by atoms with Gasteiger partial charge in [-0.2, -0.15) is 0 Å². The van der Waals surface area contributed by atoms with Crippen LogP contribution < -0.4 is 4.74 Å². The molecule has 15 heavy (non-hydrogen) atoms. The van der Waals surface area contributed by atoms with Crippen LogP contribution >= 0.6 is 11.3 Å². The number of rotatable bonds is 0. The van der Waals surface area contributed by atoms with Crippen LogP contribution in [0.1, 0.15) is 20.8 Å². The first-order chi connectivity index (χ1) is 7.36. The van der Waals surface area contributed by atoms with Crippen LogP contribution in [0.3, 0.4) is 0 Å². The van der Waals surface area contributed by atoms with E-state index in [2.05, 4.69) is 0 Å². The summed E-state index contributed by atoms with van der Waals surface area (Å²) < 4.78 is 5.59. The summed E-state index contributed by atoms with van der Waals surface area (Å²) in [5.74, 6) is 0.763. The maximum Gasteiger partial charge on any atom is 0.207 e. The van der Waals surface area contributed by atoms with Crippen molar-refractivity contribution < 1.29 is 9.53 Å². The molecule has 0 saturated heterocycles. The van der Waals surface area contributed by atoms with E-state index in [1.807, 2.05) is 35.7 Å². The lowest BCUT2D eigenvalue weighted by Crippen LogP contribution is -1.98. The summed E-state index contributed by atoms with van der Waals surface area (Å²) in [6.45, 7) is 0.488. The number of fused-ring (bicyclic) bond motifs is 2. The predicted molar refractivity (Wildman–Crippen MR) is 58.5 cm³/mol. The third kappa shape index (κ3) is 1.27. The van der Waals surface area contributed by atoms with Crippen LogP contribution in [-0.2, 0) is 6.61 Å². The average molecular weight is 216 g/mol. The minimum Gasteiger partial charge on any atom is -0.488 e. The standard InChI is InChI=1S/C12H8O2S/c13-11-9-3-1-2-4-10(9)14-7-8-5-6-15-12(8)11/h1-6H,7H2. The van der Waals surface area contributed by atoms with E-state index in [1.54, 1.807) is 0 Å². The van der Waals surface area contributed by atoms with Crippen LogP contribution in [0.2, 0.25) is 0 Å². The number of ether oxygens (including phenoxy) is 1. The maximum atomic E-state index is 12.1. The van der Waals surface area contributed by atoms with Gasteiger partial charge in [-0.25, -0.2) is 0 Å². The second-order valence-electron chi connectivity index (χ2n) is 3.39. The van der Waals surface area contributed by atoms with Gasteiger partial charge >= 0.3 is 0 Å². The molecule has 1 aliphatic heterocycles. The minimum absolute atomic E-state index is 0.0769. The summed E-state index contributed by atoms with van der Waals surface area (Å²) in [4.78, 5) is 12.9. The second kappa shape index (κ2) is 3.21. The molecule has 2 aromatic rings. The van der Waals surface area contributed by atoms with Gasteiger partial charge in [0, 0.05) is 5.56 Å². The SMILES string of the molecule is O=C1c2ccccc2OCc2ccsc21. The molecule has 0 atom stereocenters. The molecule has 3 rings (SSSR count). The zero-order valence-corrected chi connectivity index (χ0v) is 8.71. The third-order valence-corrected chi connectivity index (χ3v) is 3.42. The lowest BCUT2D eigenvalue weighted by atomic mass is 10.1. The van der Waals surface area contributed by atoms with E-state index < -0.39 is 0 Å². The highest BCUT2D eigenvalue weighted by molar-refractivity contribution is 7.12. The van der Waals surface area contributed by atoms with Crippen molar-refractivity contribution in [2.75, 3.05) is 0 Å². The van der Waals surface area contributed by atoms with E-state index in [9.17, 15) is 4.79 Å². The number of para-hydroxylation sites is 1. The summed E-state index contributed by atoms with van der Waals surface area (Å²) in [5.41, 5.74) is 1.65. The van der Waals surface area contributed by atoms with Crippen molar-refractivity contribution >= 4 is 17.1 Å². The molecule has 2 nitrogen and oxygen atoms in total. The number of hydrogen-bond donors (Lipinski definition) is 0. The fraction of sp³-hybridized carbons (Fsp3) is 0.0833. The van der Waals surface area contributed by atoms with Gasteiger partial charge in [-0.1, -0.05) is 12.1 Å². The van der Waals surface area contributed by atoms with Gasteiger partial charge in [-0.3, -0.25) is 4.79 Å². The summed E-state index contributed by atoms with van der Waals surface area (Å²) in [6, 6.07) is 9.34. The molecule has 0 amide bonds. The van der Waals surface area contributed by atoms with E-state index in [0.717, 1.165) is 10.4 Å². The Morgan fingerprint density at radius 1 is 1.20 bits per heavy atom. The van der Waals surface area contributed by atoms with Crippen molar-refractivity contribution in [1.29, 1.82) is 0 Å². The van der Waals surface area contributed by atoms with Gasteiger partial charge in [0.15, 0.2) is 0 Å². The van der Waals surface area contributed by atoms with Crippen LogP contribution in [-0.4, -0.2) is 5.78 Å². The van der Waals surface area contributed by atoms with Crippen LogP contribution in [0.5, 0.6) is 5.75 Å². The van der Waals surface area contributed by atoms with Crippen LogP contribution in [0.25, 0.3) is 0 Å². The number of benzene rings is 1. The highest BCUT2D eigenvalue weighted by Gasteiger charge is 2.22. The number of carbonyl (C=O) groups excluding carboxylic acids is 1. The molecule has 0 fully saturated rings. The Morgan fingerprint density at radius 2 is 2.07 bits per heavy atom. The zero-order valence-electron chi connectivity index (χ0n) is 7.90. The predicted octanol–water partition coefficient (Wildman–Crippen LogP) is 2.87. The smallest absolute Gasteiger partial charge is 0.207 e. The molecule has 0 radical (unpaired) electrons. The van der Waals surface area contributed by atoms with E-state index in [1.165, 1.54) is 11.3 Å². The van der Waals surface area contributed by atoms with Crippen LogP contribution in [0.15, 0.2) is 35.7 Å². The van der Waals surface area contributed by atoms with Crippen LogP contribution in [0.4, 0.5) is 0 Å². The van der Waals surface area contributed by atoms with Gasteiger partial charge in [-0.15, -0.1) is 11.3 Å². The fourth-order valence-electron chi connectivity index (χ4n) is 1.71. The molecule has 0 saturated carbocycles. The fourth-order valence-corrected chi connectivity index (χ4v) is 2.57. The molecule has 3 heteroatoms. The van der Waals surface area contributed by atoms with Gasteiger partial charge in [0.25, 0.3) is 0 Å². The molecule has 0 aliphatic carbocycles. The Labute approximate surface area is 91.1 Å². The summed E-state index contributed by atoms with van der Waals surface area (Å²) in [5, 5.41) is 1.93. The van der Waals surface area contributed by atoms with E-state index in [4.69, 9.17) is 4.74 Å². The molecule has 0 spiro atoms. The second-order valence-corrected chi connectivity index (χ2v) is 4.31. The Morgan fingerprint density at radius 3 is 3.00 bits per heavy atom. The molecular formula is C12H8O2S. The topological polar surface area (TPSA) is 26.3 Å². The van der Waals surface area contributed by atoms with Crippen LogP contribution in [0, 0.1) is 0 Å². The third-order valence-electron chi connectivity index (χ3n) is 2.47. The van der Waals surface area contributed by atoms with Gasteiger partial charge < -0.3 is 4.74 Å². The highest BCUT2D eigenvalue weighted by Crippen LogP contribution is 2.30. The molecule has 0 unspecified atom stereocenters. The number of thiophene rings is 1. The summed E-state index contributed by atoms with van der Waals surface area (Å²) in [7, 11) is 0. The van der Waals surface area contributed by atoms with Crippen molar-refractivity contribution in [1.82, 2.24) is 0 Å². The molecule has 1 aliphatic rings. The molecule has 0 bridgehead atoms. The van der Waals surface area contributed by atoms with Gasteiger partial charge in [-0.05, 0) is 23.6 Å². The van der Waals surface area contributed by atoms with Gasteiger partial charge in [0.2, 0.25) is 5.78 Å². The average Bonchev–Trinajstić information content (AvgIpc) is 2.69. The molecule has 1 aromatic carbocycles. The van der Waals surface area contributed by atoms with Gasteiger partial charge in [0.1, 0.15) is 12.4 Å². The van der Waals surface area contributed by atoms with Crippen molar-refractivity contribution in [2.45, 2.75) is 6.61 Å². The number of ketones is 1. The maximum absolute atomic E-state index is 12.1. The van der Waals surface area contributed by atoms with Crippen molar-refractivity contribution in [3.63, 3.8) is 0 Å². The van der Waals surface area contributed by atoms with Crippen molar-refractivity contribution in [2.24, 2.45) is 0 Å². The monoisotopic (exact) mass is 216 g/mol. The number of hydrogen-bond acceptors (Lipinski definition) is 3. The largest absolute Gasteiger partial charge is 0.488 e. The minimum atomic E-state index is 0.0769. The number of carbonyl (C=O) groups is 1. The first kappa shape index (κ1) is 8.68. The molecule has 1 aromatic heterocycles.